The number of imidazole rings is 1. The number of aryl methyl sites for hydroxylation is 4. The SMILES string of the molecule is CCc1nc2c(C)cc(C)nc2n1Cc1ccc(CCCN2CCN(C3CCCCC3)CC2)cc1.Cl.Cl. The molecule has 3 heterocycles. The highest BCUT2D eigenvalue weighted by molar-refractivity contribution is 5.85. The van der Waals surface area contributed by atoms with Crippen LogP contribution in [0.15, 0.2) is 30.3 Å². The Labute approximate surface area is 235 Å². The molecule has 204 valence electrons. The van der Waals surface area contributed by atoms with Crippen LogP contribution < -0.4 is 0 Å². The van der Waals surface area contributed by atoms with Crippen LogP contribution in [0.2, 0.25) is 0 Å². The summed E-state index contributed by atoms with van der Waals surface area (Å²) in [6.45, 7) is 13.5. The molecular formula is C30H45Cl2N5. The molecule has 0 unspecified atom stereocenters. The number of piperazine rings is 1. The van der Waals surface area contributed by atoms with Gasteiger partial charge in [-0.1, -0.05) is 50.5 Å². The Bertz CT molecular complexity index is 1110. The molecule has 0 bridgehead atoms. The Kier molecular flexibility index (Phi) is 11.3. The fourth-order valence-corrected chi connectivity index (χ4v) is 6.18. The van der Waals surface area contributed by atoms with Crippen molar-refractivity contribution in [2.24, 2.45) is 0 Å². The van der Waals surface area contributed by atoms with E-state index in [0.717, 1.165) is 48.1 Å². The topological polar surface area (TPSA) is 37.2 Å². The van der Waals surface area contributed by atoms with Crippen LogP contribution in [0.5, 0.6) is 0 Å². The van der Waals surface area contributed by atoms with E-state index in [-0.39, 0.29) is 24.8 Å². The molecule has 1 saturated heterocycles. The van der Waals surface area contributed by atoms with E-state index in [0.29, 0.717) is 0 Å². The summed E-state index contributed by atoms with van der Waals surface area (Å²) in [5, 5.41) is 0. The van der Waals surface area contributed by atoms with E-state index in [2.05, 4.69) is 65.5 Å². The highest BCUT2D eigenvalue weighted by Crippen LogP contribution is 2.24. The third-order valence-electron chi connectivity index (χ3n) is 8.22. The highest BCUT2D eigenvalue weighted by atomic mass is 35.5. The Morgan fingerprint density at radius 3 is 2.22 bits per heavy atom. The summed E-state index contributed by atoms with van der Waals surface area (Å²) in [6.07, 6.45) is 10.5. The Morgan fingerprint density at radius 1 is 0.865 bits per heavy atom. The summed E-state index contributed by atoms with van der Waals surface area (Å²) in [7, 11) is 0. The van der Waals surface area contributed by atoms with E-state index in [9.17, 15) is 0 Å². The normalized spacial score (nSPS) is 17.5. The number of halogens is 2. The molecule has 1 aromatic carbocycles. The lowest BCUT2D eigenvalue weighted by molar-refractivity contribution is 0.0785. The van der Waals surface area contributed by atoms with E-state index in [1.807, 2.05) is 0 Å². The van der Waals surface area contributed by atoms with Crippen molar-refractivity contribution >= 4 is 36.0 Å². The maximum Gasteiger partial charge on any atom is 0.160 e. The molecule has 0 radical (unpaired) electrons. The summed E-state index contributed by atoms with van der Waals surface area (Å²) in [6, 6.07) is 12.3. The van der Waals surface area contributed by atoms with Gasteiger partial charge in [-0.25, -0.2) is 9.97 Å². The quantitative estimate of drug-likeness (QED) is 0.328. The third-order valence-corrected chi connectivity index (χ3v) is 8.22. The van der Waals surface area contributed by atoms with Crippen molar-refractivity contribution in [1.29, 1.82) is 0 Å². The van der Waals surface area contributed by atoms with E-state index < -0.39 is 0 Å². The zero-order valence-corrected chi connectivity index (χ0v) is 24.5. The van der Waals surface area contributed by atoms with Crippen LogP contribution in [0, 0.1) is 13.8 Å². The molecule has 0 amide bonds. The first-order valence-corrected chi connectivity index (χ1v) is 14.0. The molecular weight excluding hydrogens is 501 g/mol. The van der Waals surface area contributed by atoms with Crippen LogP contribution in [0.1, 0.15) is 73.7 Å². The zero-order valence-electron chi connectivity index (χ0n) is 22.9. The lowest BCUT2D eigenvalue weighted by Gasteiger charge is -2.40. The van der Waals surface area contributed by atoms with Crippen molar-refractivity contribution in [3.05, 3.63) is 58.5 Å². The first kappa shape index (κ1) is 29.9. The third kappa shape index (κ3) is 7.26. The second-order valence-corrected chi connectivity index (χ2v) is 10.8. The van der Waals surface area contributed by atoms with Gasteiger partial charge in [-0.2, -0.15) is 0 Å². The molecule has 0 spiro atoms. The predicted octanol–water partition coefficient (Wildman–Crippen LogP) is 6.39. The average Bonchev–Trinajstić information content (AvgIpc) is 3.23. The van der Waals surface area contributed by atoms with Crippen LogP contribution in [0.25, 0.3) is 11.2 Å². The molecule has 37 heavy (non-hydrogen) atoms. The first-order chi connectivity index (χ1) is 17.1. The maximum absolute atomic E-state index is 4.89. The maximum atomic E-state index is 4.89. The van der Waals surface area contributed by atoms with Crippen molar-refractivity contribution in [3.8, 4) is 0 Å². The molecule has 7 heteroatoms. The van der Waals surface area contributed by atoms with Gasteiger partial charge in [0.05, 0.1) is 6.54 Å². The Balaban J connectivity index is 0.00000190. The minimum absolute atomic E-state index is 0. The van der Waals surface area contributed by atoms with E-state index in [4.69, 9.17) is 9.97 Å². The molecule has 0 N–H and O–H groups in total. The first-order valence-electron chi connectivity index (χ1n) is 14.0. The van der Waals surface area contributed by atoms with E-state index in [1.54, 1.807) is 0 Å². The van der Waals surface area contributed by atoms with Gasteiger partial charge in [0.1, 0.15) is 11.3 Å². The summed E-state index contributed by atoms with van der Waals surface area (Å²) in [5.74, 6) is 1.12. The average molecular weight is 547 g/mol. The monoisotopic (exact) mass is 545 g/mol. The molecule has 5 nitrogen and oxygen atoms in total. The van der Waals surface area contributed by atoms with Gasteiger partial charge in [0.25, 0.3) is 0 Å². The van der Waals surface area contributed by atoms with Crippen LogP contribution in [0.3, 0.4) is 0 Å². The highest BCUT2D eigenvalue weighted by Gasteiger charge is 2.24. The molecule has 1 saturated carbocycles. The smallest absolute Gasteiger partial charge is 0.160 e. The number of rotatable bonds is 8. The molecule has 5 rings (SSSR count). The van der Waals surface area contributed by atoms with Gasteiger partial charge in [-0.3, -0.25) is 4.90 Å². The van der Waals surface area contributed by atoms with Crippen molar-refractivity contribution in [3.63, 3.8) is 0 Å². The summed E-state index contributed by atoms with van der Waals surface area (Å²) < 4.78 is 2.30. The molecule has 1 aliphatic carbocycles. The van der Waals surface area contributed by atoms with Gasteiger partial charge < -0.3 is 9.47 Å². The second-order valence-electron chi connectivity index (χ2n) is 10.8. The minimum Gasteiger partial charge on any atom is -0.308 e. The molecule has 2 fully saturated rings. The van der Waals surface area contributed by atoms with Crippen molar-refractivity contribution in [2.45, 2.75) is 84.7 Å². The fourth-order valence-electron chi connectivity index (χ4n) is 6.18. The minimum atomic E-state index is 0. The second kappa shape index (κ2) is 13.9. The van der Waals surface area contributed by atoms with Crippen LogP contribution in [-0.4, -0.2) is 63.1 Å². The summed E-state index contributed by atoms with van der Waals surface area (Å²) >= 11 is 0. The molecule has 2 aliphatic rings. The largest absolute Gasteiger partial charge is 0.308 e. The van der Waals surface area contributed by atoms with E-state index >= 15 is 0 Å². The van der Waals surface area contributed by atoms with Gasteiger partial charge in [-0.15, -0.1) is 24.8 Å². The standard InChI is InChI=1S/C30H43N5.2ClH/c1-4-28-32-29-23(2)21-24(3)31-30(29)35(28)22-26-14-12-25(13-15-26)9-8-16-33-17-19-34(20-18-33)27-10-6-5-7-11-27;;/h12-15,21,27H,4-11,16-20,22H2,1-3H3;2*1H. The summed E-state index contributed by atoms with van der Waals surface area (Å²) in [5.41, 5.74) is 7.11. The number of fused-ring (bicyclic) bond motifs is 1. The summed E-state index contributed by atoms with van der Waals surface area (Å²) in [4.78, 5) is 15.2. The molecule has 2 aromatic heterocycles. The lowest BCUT2D eigenvalue weighted by atomic mass is 9.94. The lowest BCUT2D eigenvalue weighted by Crippen LogP contribution is -2.50. The molecule has 0 atom stereocenters. The molecule has 3 aromatic rings. The molecule has 1 aliphatic heterocycles. The number of aromatic nitrogens is 3. The van der Waals surface area contributed by atoms with Gasteiger partial charge in [0.2, 0.25) is 0 Å². The zero-order chi connectivity index (χ0) is 24.2. The van der Waals surface area contributed by atoms with E-state index in [1.165, 1.54) is 87.9 Å². The van der Waals surface area contributed by atoms with Gasteiger partial charge in [0.15, 0.2) is 5.65 Å². The van der Waals surface area contributed by atoms with Gasteiger partial charge in [0, 0.05) is 44.3 Å². The Hall–Kier alpha value is -1.66. The van der Waals surface area contributed by atoms with Crippen LogP contribution in [-0.2, 0) is 19.4 Å². The van der Waals surface area contributed by atoms with Crippen molar-refractivity contribution in [1.82, 2.24) is 24.3 Å². The van der Waals surface area contributed by atoms with Crippen LogP contribution >= 0.6 is 24.8 Å². The van der Waals surface area contributed by atoms with Crippen molar-refractivity contribution in [2.75, 3.05) is 32.7 Å². The van der Waals surface area contributed by atoms with Gasteiger partial charge in [-0.05, 0) is 68.8 Å². The number of pyridine rings is 1. The van der Waals surface area contributed by atoms with Crippen molar-refractivity contribution < 1.29 is 0 Å². The van der Waals surface area contributed by atoms with Gasteiger partial charge >= 0.3 is 0 Å². The van der Waals surface area contributed by atoms with Crippen LogP contribution in [0.4, 0.5) is 0 Å². The Morgan fingerprint density at radius 2 is 1.54 bits per heavy atom. The number of hydrogen-bond donors (Lipinski definition) is 0. The number of nitrogens with zero attached hydrogens (tertiary/aromatic N) is 5. The predicted molar refractivity (Wildman–Crippen MR) is 160 cm³/mol. The number of hydrogen-bond acceptors (Lipinski definition) is 4. The number of benzene rings is 1. The fraction of sp³-hybridized carbons (Fsp3) is 0.600.